The molecule has 1 aromatic rings. The van der Waals surface area contributed by atoms with Crippen molar-refractivity contribution in [2.24, 2.45) is 0 Å². The first kappa shape index (κ1) is 16.3. The fourth-order valence-corrected chi connectivity index (χ4v) is 3.38. The quantitative estimate of drug-likeness (QED) is 0.887. The molecule has 2 aliphatic rings. The van der Waals surface area contributed by atoms with Gasteiger partial charge in [-0.2, -0.15) is 0 Å². The fraction of sp³-hybridized carbons (Fsp3) is 0.706. The number of piperidine rings is 2. The molecule has 0 bridgehead atoms. The molecule has 1 aromatic heterocycles. The minimum atomic E-state index is -0.277. The van der Waals surface area contributed by atoms with Crippen LogP contribution in [0.25, 0.3) is 0 Å². The lowest BCUT2D eigenvalue weighted by atomic mass is 9.96. The van der Waals surface area contributed by atoms with E-state index in [0.29, 0.717) is 37.5 Å². The van der Waals surface area contributed by atoms with Crippen LogP contribution >= 0.6 is 0 Å². The summed E-state index contributed by atoms with van der Waals surface area (Å²) in [6.07, 6.45) is 3.11. The summed E-state index contributed by atoms with van der Waals surface area (Å²) >= 11 is 0. The summed E-state index contributed by atoms with van der Waals surface area (Å²) in [5.41, 5.74) is 1.36. The first-order chi connectivity index (χ1) is 11.0. The second-order valence-electron chi connectivity index (χ2n) is 6.85. The van der Waals surface area contributed by atoms with E-state index in [2.05, 4.69) is 21.9 Å². The van der Waals surface area contributed by atoms with Gasteiger partial charge >= 0.3 is 0 Å². The van der Waals surface area contributed by atoms with Gasteiger partial charge in [-0.3, -0.25) is 4.79 Å². The van der Waals surface area contributed by atoms with Gasteiger partial charge in [-0.25, -0.2) is 9.97 Å². The van der Waals surface area contributed by atoms with E-state index in [4.69, 9.17) is 0 Å². The maximum atomic E-state index is 12.7. The van der Waals surface area contributed by atoms with Crippen LogP contribution in [0.4, 0.5) is 0 Å². The van der Waals surface area contributed by atoms with Crippen LogP contribution in [0.2, 0.25) is 0 Å². The number of aromatic nitrogens is 2. The molecule has 2 fully saturated rings. The molecule has 23 heavy (non-hydrogen) atoms. The number of hydrogen-bond acceptors (Lipinski definition) is 5. The number of carbonyl (C=O) groups is 1. The molecule has 2 saturated heterocycles. The Morgan fingerprint density at radius 1 is 1.13 bits per heavy atom. The minimum Gasteiger partial charge on any atom is -0.393 e. The molecule has 0 radical (unpaired) electrons. The normalized spacial score (nSPS) is 21.6. The number of aliphatic hydroxyl groups excluding tert-OH is 1. The molecule has 3 rings (SSSR count). The van der Waals surface area contributed by atoms with Crippen molar-refractivity contribution in [3.05, 3.63) is 23.3 Å². The maximum Gasteiger partial charge on any atom is 0.272 e. The number of rotatable bonds is 2. The molecule has 0 aliphatic carbocycles. The zero-order valence-corrected chi connectivity index (χ0v) is 14.0. The van der Waals surface area contributed by atoms with Crippen LogP contribution < -0.4 is 0 Å². The van der Waals surface area contributed by atoms with Crippen molar-refractivity contribution in [1.29, 1.82) is 0 Å². The zero-order chi connectivity index (χ0) is 16.4. The SMILES string of the molecule is Cc1cc(C(=O)N2CCC(O)CC2)nc(C2CCN(C)CC2)n1. The molecule has 126 valence electrons. The molecule has 2 aliphatic heterocycles. The first-order valence-corrected chi connectivity index (χ1v) is 8.54. The number of likely N-dealkylation sites (tertiary alicyclic amines) is 2. The summed E-state index contributed by atoms with van der Waals surface area (Å²) in [6.45, 7) is 5.24. The number of carbonyl (C=O) groups excluding carboxylic acids is 1. The van der Waals surface area contributed by atoms with Crippen molar-refractivity contribution in [2.45, 2.75) is 44.6 Å². The second-order valence-corrected chi connectivity index (χ2v) is 6.85. The molecular formula is C17H26N4O2. The predicted molar refractivity (Wildman–Crippen MR) is 87.4 cm³/mol. The van der Waals surface area contributed by atoms with Crippen molar-refractivity contribution in [2.75, 3.05) is 33.2 Å². The van der Waals surface area contributed by atoms with E-state index in [-0.39, 0.29) is 12.0 Å². The van der Waals surface area contributed by atoms with Gasteiger partial charge in [0.1, 0.15) is 11.5 Å². The number of nitrogens with zero attached hydrogens (tertiary/aromatic N) is 4. The highest BCUT2D eigenvalue weighted by Crippen LogP contribution is 2.25. The van der Waals surface area contributed by atoms with Crippen LogP contribution in [0, 0.1) is 6.92 Å². The summed E-state index contributed by atoms with van der Waals surface area (Å²) in [5.74, 6) is 1.14. The van der Waals surface area contributed by atoms with Crippen LogP contribution in [0.15, 0.2) is 6.07 Å². The van der Waals surface area contributed by atoms with Crippen LogP contribution in [-0.4, -0.2) is 70.1 Å². The Morgan fingerprint density at radius 2 is 1.78 bits per heavy atom. The van der Waals surface area contributed by atoms with E-state index >= 15 is 0 Å². The summed E-state index contributed by atoms with van der Waals surface area (Å²) < 4.78 is 0. The maximum absolute atomic E-state index is 12.7. The highest BCUT2D eigenvalue weighted by atomic mass is 16.3. The lowest BCUT2D eigenvalue weighted by Crippen LogP contribution is -2.40. The number of aliphatic hydroxyl groups is 1. The molecule has 6 heteroatoms. The van der Waals surface area contributed by atoms with Gasteiger partial charge in [0, 0.05) is 24.7 Å². The number of amides is 1. The van der Waals surface area contributed by atoms with E-state index in [9.17, 15) is 9.90 Å². The third-order valence-electron chi connectivity index (χ3n) is 4.93. The smallest absolute Gasteiger partial charge is 0.272 e. The van der Waals surface area contributed by atoms with Crippen LogP contribution in [0.5, 0.6) is 0 Å². The standard InChI is InChI=1S/C17H26N4O2/c1-12-11-15(17(23)21-9-5-14(22)6-10-21)19-16(18-12)13-3-7-20(2)8-4-13/h11,13-14,22H,3-10H2,1-2H3. The Hall–Kier alpha value is -1.53. The molecule has 0 aromatic carbocycles. The van der Waals surface area contributed by atoms with Crippen LogP contribution in [0.3, 0.4) is 0 Å². The van der Waals surface area contributed by atoms with E-state index in [1.165, 1.54) is 0 Å². The van der Waals surface area contributed by atoms with Gasteiger partial charge in [0.15, 0.2) is 0 Å². The molecule has 3 heterocycles. The molecule has 1 N–H and O–H groups in total. The summed E-state index contributed by atoms with van der Waals surface area (Å²) in [5, 5.41) is 9.59. The summed E-state index contributed by atoms with van der Waals surface area (Å²) in [4.78, 5) is 26.0. The third kappa shape index (κ3) is 3.87. The Bertz CT molecular complexity index is 562. The largest absolute Gasteiger partial charge is 0.393 e. The molecule has 6 nitrogen and oxygen atoms in total. The number of aryl methyl sites for hydroxylation is 1. The van der Waals surface area contributed by atoms with Crippen molar-refractivity contribution in [3.8, 4) is 0 Å². The van der Waals surface area contributed by atoms with E-state index in [0.717, 1.165) is 37.4 Å². The van der Waals surface area contributed by atoms with Crippen LogP contribution in [-0.2, 0) is 0 Å². The van der Waals surface area contributed by atoms with Crippen molar-refractivity contribution in [3.63, 3.8) is 0 Å². The Labute approximate surface area is 137 Å². The van der Waals surface area contributed by atoms with Gasteiger partial charge in [-0.15, -0.1) is 0 Å². The highest BCUT2D eigenvalue weighted by molar-refractivity contribution is 5.92. The Balaban J connectivity index is 1.76. The molecular weight excluding hydrogens is 292 g/mol. The molecule has 1 amide bonds. The van der Waals surface area contributed by atoms with Gasteiger partial charge in [0.2, 0.25) is 0 Å². The molecule has 0 atom stereocenters. The monoisotopic (exact) mass is 318 g/mol. The van der Waals surface area contributed by atoms with E-state index in [1.54, 1.807) is 11.0 Å². The van der Waals surface area contributed by atoms with E-state index < -0.39 is 0 Å². The Morgan fingerprint density at radius 3 is 2.43 bits per heavy atom. The molecule has 0 unspecified atom stereocenters. The highest BCUT2D eigenvalue weighted by Gasteiger charge is 2.26. The average molecular weight is 318 g/mol. The summed E-state index contributed by atoms with van der Waals surface area (Å²) in [7, 11) is 2.13. The van der Waals surface area contributed by atoms with Gasteiger partial charge in [-0.1, -0.05) is 0 Å². The van der Waals surface area contributed by atoms with Gasteiger partial charge in [-0.05, 0) is 58.8 Å². The second kappa shape index (κ2) is 6.93. The molecule has 0 saturated carbocycles. The Kier molecular flexibility index (Phi) is 4.92. The fourth-order valence-electron chi connectivity index (χ4n) is 3.38. The lowest BCUT2D eigenvalue weighted by Gasteiger charge is -2.30. The first-order valence-electron chi connectivity index (χ1n) is 8.54. The average Bonchev–Trinajstić information content (AvgIpc) is 2.55. The topological polar surface area (TPSA) is 69.6 Å². The third-order valence-corrected chi connectivity index (χ3v) is 4.93. The van der Waals surface area contributed by atoms with Crippen molar-refractivity contribution < 1.29 is 9.90 Å². The van der Waals surface area contributed by atoms with Crippen molar-refractivity contribution in [1.82, 2.24) is 19.8 Å². The van der Waals surface area contributed by atoms with E-state index in [1.807, 2.05) is 6.92 Å². The molecule has 0 spiro atoms. The van der Waals surface area contributed by atoms with Gasteiger partial charge in [0.25, 0.3) is 5.91 Å². The van der Waals surface area contributed by atoms with Gasteiger partial charge in [0.05, 0.1) is 6.10 Å². The number of hydrogen-bond donors (Lipinski definition) is 1. The predicted octanol–water partition coefficient (Wildman–Crippen LogP) is 1.19. The minimum absolute atomic E-state index is 0.0309. The zero-order valence-electron chi connectivity index (χ0n) is 14.0. The van der Waals surface area contributed by atoms with Crippen molar-refractivity contribution >= 4 is 5.91 Å². The van der Waals surface area contributed by atoms with Gasteiger partial charge < -0.3 is 14.9 Å². The lowest BCUT2D eigenvalue weighted by molar-refractivity contribution is 0.0540. The summed E-state index contributed by atoms with van der Waals surface area (Å²) in [6, 6.07) is 1.78. The van der Waals surface area contributed by atoms with Crippen LogP contribution in [0.1, 0.15) is 53.6 Å².